The minimum absolute atomic E-state index is 0.211. The van der Waals surface area contributed by atoms with Crippen LogP contribution in [0.3, 0.4) is 0 Å². The van der Waals surface area contributed by atoms with Gasteiger partial charge >= 0.3 is 41.8 Å². The highest BCUT2D eigenvalue weighted by atomic mass is 16.6. The van der Waals surface area contributed by atoms with Crippen molar-refractivity contribution in [1.29, 1.82) is 0 Å². The Hall–Kier alpha value is -3.71. The molecule has 0 aromatic carbocycles. The van der Waals surface area contributed by atoms with Crippen LogP contribution in [0, 0.1) is 0 Å². The van der Waals surface area contributed by atoms with Crippen molar-refractivity contribution in [2.75, 3.05) is 46.2 Å². The number of hydrogen-bond acceptors (Lipinski definition) is 14. The van der Waals surface area contributed by atoms with Crippen molar-refractivity contribution in [3.63, 3.8) is 0 Å². The molecule has 42 heavy (non-hydrogen) atoms. The summed E-state index contributed by atoms with van der Waals surface area (Å²) in [7, 11) is 0. The maximum atomic E-state index is 9.82. The molecule has 14 nitrogen and oxygen atoms in total. The average Bonchev–Trinajstić information content (AvgIpc) is 2.81. The molecular formula is C28H56O14. The molecule has 252 valence electrons. The molecule has 0 N–H and O–H groups in total. The van der Waals surface area contributed by atoms with Crippen LogP contribution in [-0.2, 0) is 66.7 Å². The fraction of sp³-hybridized carbons (Fsp3) is 0.750. The molecule has 0 unspecified atom stereocenters. The third-order valence-electron chi connectivity index (χ3n) is 2.43. The first-order chi connectivity index (χ1) is 19.4. The van der Waals surface area contributed by atoms with Gasteiger partial charge in [0.25, 0.3) is 0 Å². The molecule has 0 saturated carbocycles. The van der Waals surface area contributed by atoms with E-state index in [1.807, 2.05) is 0 Å². The number of rotatable bonds is 7. The van der Waals surface area contributed by atoms with Gasteiger partial charge in [-0.25, -0.2) is 0 Å². The minimum atomic E-state index is -0.211. The number of carbonyl (C=O) groups is 7. The highest BCUT2D eigenvalue weighted by Gasteiger charge is 1.84. The Labute approximate surface area is 252 Å². The van der Waals surface area contributed by atoms with Gasteiger partial charge in [0.15, 0.2) is 0 Å². The van der Waals surface area contributed by atoms with Crippen LogP contribution in [0.2, 0.25) is 0 Å². The lowest BCUT2D eigenvalue weighted by Gasteiger charge is -1.89. The zero-order valence-electron chi connectivity index (χ0n) is 28.2. The molecule has 14 heteroatoms. The first kappa shape index (κ1) is 54.4. The Balaban J connectivity index is -0.0000000681. The zero-order chi connectivity index (χ0) is 34.9. The Morgan fingerprint density at radius 3 is 0.333 bits per heavy atom. The summed E-state index contributed by atoms with van der Waals surface area (Å²) in [5, 5.41) is 0. The third kappa shape index (κ3) is 151. The highest BCUT2D eigenvalue weighted by molar-refractivity contribution is 5.67. The number of ether oxygens (including phenoxy) is 7. The van der Waals surface area contributed by atoms with Crippen LogP contribution in [0.5, 0.6) is 0 Å². The molecule has 0 aliphatic carbocycles. The van der Waals surface area contributed by atoms with E-state index in [-0.39, 0.29) is 41.8 Å². The van der Waals surface area contributed by atoms with Crippen molar-refractivity contribution >= 4 is 41.8 Å². The van der Waals surface area contributed by atoms with Crippen molar-refractivity contribution in [3.05, 3.63) is 0 Å². The molecule has 0 spiro atoms. The Bertz CT molecular complexity index is 504. The normalized spacial score (nSPS) is 7.67. The minimum Gasteiger partial charge on any atom is -0.466 e. The predicted molar refractivity (Wildman–Crippen MR) is 156 cm³/mol. The van der Waals surface area contributed by atoms with Crippen LogP contribution in [0.1, 0.15) is 96.9 Å². The fourth-order valence-corrected chi connectivity index (χ4v) is 1.42. The summed E-state index contributed by atoms with van der Waals surface area (Å²) in [6.07, 6.45) is 0. The van der Waals surface area contributed by atoms with Crippen LogP contribution < -0.4 is 0 Å². The molecule has 0 radical (unpaired) electrons. The average molecular weight is 617 g/mol. The summed E-state index contributed by atoms with van der Waals surface area (Å²) in [4.78, 5) is 68.8. The van der Waals surface area contributed by atoms with Crippen molar-refractivity contribution in [3.8, 4) is 0 Å². The molecule has 0 aromatic rings. The van der Waals surface area contributed by atoms with E-state index in [0.717, 1.165) is 0 Å². The van der Waals surface area contributed by atoms with Gasteiger partial charge < -0.3 is 33.2 Å². The van der Waals surface area contributed by atoms with Crippen LogP contribution in [0.4, 0.5) is 0 Å². The molecule has 0 aliphatic rings. The quantitative estimate of drug-likeness (QED) is 0.295. The fourth-order valence-electron chi connectivity index (χ4n) is 1.42. The lowest BCUT2D eigenvalue weighted by molar-refractivity contribution is -0.141. The Kier molecular flexibility index (Phi) is 64.9. The summed E-state index contributed by atoms with van der Waals surface area (Å²) < 4.78 is 30.8. The molecule has 0 amide bonds. The Morgan fingerprint density at radius 1 is 0.262 bits per heavy atom. The molecule has 0 atom stereocenters. The van der Waals surface area contributed by atoms with E-state index in [0.29, 0.717) is 46.2 Å². The van der Waals surface area contributed by atoms with E-state index in [9.17, 15) is 33.6 Å². The second kappa shape index (κ2) is 50.2. The lowest BCUT2D eigenvalue weighted by atomic mass is 10.8. The highest BCUT2D eigenvalue weighted by Crippen LogP contribution is 1.72. The van der Waals surface area contributed by atoms with Crippen LogP contribution >= 0.6 is 0 Å². The van der Waals surface area contributed by atoms with Crippen molar-refractivity contribution < 1.29 is 66.7 Å². The van der Waals surface area contributed by atoms with Crippen LogP contribution in [0.15, 0.2) is 0 Å². The van der Waals surface area contributed by atoms with Gasteiger partial charge in [-0.3, -0.25) is 33.6 Å². The summed E-state index contributed by atoms with van der Waals surface area (Å²) in [5.74, 6) is -1.47. The summed E-state index contributed by atoms with van der Waals surface area (Å²) >= 11 is 0. The topological polar surface area (TPSA) is 184 Å². The van der Waals surface area contributed by atoms with Gasteiger partial charge in [-0.1, -0.05) is 0 Å². The molecule has 0 aliphatic heterocycles. The third-order valence-corrected chi connectivity index (χ3v) is 2.43. The number of esters is 7. The molecule has 0 aromatic heterocycles. The van der Waals surface area contributed by atoms with E-state index in [1.54, 1.807) is 48.5 Å². The largest absolute Gasteiger partial charge is 0.466 e. The second-order valence-electron chi connectivity index (χ2n) is 6.47. The molecule has 0 heterocycles. The monoisotopic (exact) mass is 616 g/mol. The van der Waals surface area contributed by atoms with Crippen molar-refractivity contribution in [2.45, 2.75) is 96.9 Å². The smallest absolute Gasteiger partial charge is 0.302 e. The number of carbonyl (C=O) groups excluding carboxylic acids is 7. The molecule has 0 saturated heterocycles. The van der Waals surface area contributed by atoms with Gasteiger partial charge in [0.05, 0.1) is 46.2 Å². The maximum absolute atomic E-state index is 9.82. The number of hydrogen-bond donors (Lipinski definition) is 0. The van der Waals surface area contributed by atoms with Gasteiger partial charge in [0.1, 0.15) is 0 Å². The van der Waals surface area contributed by atoms with E-state index < -0.39 is 0 Å². The standard InChI is InChI=1S/7C4H8O2/c7*1-3-6-4(2)5/h7*3H2,1-2H3. The van der Waals surface area contributed by atoms with Gasteiger partial charge in [0.2, 0.25) is 0 Å². The zero-order valence-corrected chi connectivity index (χ0v) is 28.2. The lowest BCUT2D eigenvalue weighted by Crippen LogP contribution is -1.95. The van der Waals surface area contributed by atoms with E-state index in [2.05, 4.69) is 33.2 Å². The Morgan fingerprint density at radius 2 is 0.333 bits per heavy atom. The van der Waals surface area contributed by atoms with E-state index in [1.165, 1.54) is 48.5 Å². The van der Waals surface area contributed by atoms with Crippen LogP contribution in [-0.4, -0.2) is 88.0 Å². The van der Waals surface area contributed by atoms with Crippen molar-refractivity contribution in [2.24, 2.45) is 0 Å². The first-order valence-electron chi connectivity index (χ1n) is 13.3. The van der Waals surface area contributed by atoms with Gasteiger partial charge in [-0.05, 0) is 48.5 Å². The molecule has 0 rings (SSSR count). The summed E-state index contributed by atoms with van der Waals surface area (Å²) in [5.41, 5.74) is 0. The molecule has 0 fully saturated rings. The molecular weight excluding hydrogens is 560 g/mol. The summed E-state index contributed by atoms with van der Waals surface area (Å²) in [6.45, 7) is 25.6. The van der Waals surface area contributed by atoms with Gasteiger partial charge in [-0.2, -0.15) is 0 Å². The van der Waals surface area contributed by atoms with E-state index in [4.69, 9.17) is 0 Å². The SMILES string of the molecule is CCOC(C)=O.CCOC(C)=O.CCOC(C)=O.CCOC(C)=O.CCOC(C)=O.CCOC(C)=O.CCOC(C)=O. The molecule has 0 bridgehead atoms. The second-order valence-corrected chi connectivity index (χ2v) is 6.47. The van der Waals surface area contributed by atoms with Crippen molar-refractivity contribution in [1.82, 2.24) is 0 Å². The van der Waals surface area contributed by atoms with Gasteiger partial charge in [-0.15, -0.1) is 0 Å². The summed E-state index contributed by atoms with van der Waals surface area (Å²) in [6, 6.07) is 0. The van der Waals surface area contributed by atoms with Crippen LogP contribution in [0.25, 0.3) is 0 Å². The predicted octanol–water partition coefficient (Wildman–Crippen LogP) is 3.99. The first-order valence-corrected chi connectivity index (χ1v) is 13.3. The maximum Gasteiger partial charge on any atom is 0.302 e. The van der Waals surface area contributed by atoms with Gasteiger partial charge in [0, 0.05) is 48.5 Å². The van der Waals surface area contributed by atoms with E-state index >= 15 is 0 Å².